The molecule has 0 radical (unpaired) electrons. The van der Waals surface area contributed by atoms with Crippen molar-refractivity contribution in [3.63, 3.8) is 0 Å². The van der Waals surface area contributed by atoms with Crippen molar-refractivity contribution in [2.75, 3.05) is 6.61 Å². The average Bonchev–Trinajstić information content (AvgIpc) is 2.44. The number of nitriles is 1. The van der Waals surface area contributed by atoms with E-state index in [2.05, 4.69) is 16.7 Å². The molecule has 1 unspecified atom stereocenters. The standard InChI is InChI=1S/C15H21N3O2/c1-11(2)6-14(10-19)18-15(20)17-9-13-5-3-4-12(7-13)8-16/h3-5,7,11,14,19H,6,9-10H2,1-2H3,(H2,17,18,20). The van der Waals surface area contributed by atoms with Crippen LogP contribution in [0.15, 0.2) is 24.3 Å². The van der Waals surface area contributed by atoms with Gasteiger partial charge in [-0.3, -0.25) is 0 Å². The topological polar surface area (TPSA) is 85.2 Å². The summed E-state index contributed by atoms with van der Waals surface area (Å²) >= 11 is 0. The van der Waals surface area contributed by atoms with Gasteiger partial charge >= 0.3 is 6.03 Å². The molecule has 0 fully saturated rings. The van der Waals surface area contributed by atoms with Crippen LogP contribution >= 0.6 is 0 Å². The molecule has 0 heterocycles. The number of hydrogen-bond acceptors (Lipinski definition) is 3. The zero-order valence-corrected chi connectivity index (χ0v) is 11.9. The van der Waals surface area contributed by atoms with E-state index in [0.29, 0.717) is 18.0 Å². The highest BCUT2D eigenvalue weighted by Gasteiger charge is 2.12. The molecule has 0 saturated carbocycles. The van der Waals surface area contributed by atoms with Crippen LogP contribution in [0.2, 0.25) is 0 Å². The molecule has 20 heavy (non-hydrogen) atoms. The molecule has 108 valence electrons. The Morgan fingerprint density at radius 1 is 1.45 bits per heavy atom. The van der Waals surface area contributed by atoms with Crippen molar-refractivity contribution in [3.05, 3.63) is 35.4 Å². The number of aliphatic hydroxyl groups excluding tert-OH is 1. The molecule has 0 aliphatic rings. The number of amides is 2. The highest BCUT2D eigenvalue weighted by molar-refractivity contribution is 5.74. The minimum atomic E-state index is -0.313. The molecular formula is C15H21N3O2. The number of urea groups is 1. The van der Waals surface area contributed by atoms with Gasteiger partial charge in [-0.05, 0) is 30.0 Å². The Kier molecular flexibility index (Phi) is 6.54. The summed E-state index contributed by atoms with van der Waals surface area (Å²) in [5.74, 6) is 0.403. The fourth-order valence-electron chi connectivity index (χ4n) is 1.92. The lowest BCUT2D eigenvalue weighted by atomic mass is 10.0. The third kappa shape index (κ3) is 5.72. The highest BCUT2D eigenvalue weighted by Crippen LogP contribution is 2.05. The second kappa shape index (κ2) is 8.18. The van der Waals surface area contributed by atoms with Crippen molar-refractivity contribution in [2.45, 2.75) is 32.9 Å². The molecule has 1 aromatic carbocycles. The molecule has 5 nitrogen and oxygen atoms in total. The lowest BCUT2D eigenvalue weighted by Gasteiger charge is -2.18. The summed E-state index contributed by atoms with van der Waals surface area (Å²) in [6.45, 7) is 4.35. The van der Waals surface area contributed by atoms with Crippen LogP contribution in [-0.4, -0.2) is 23.8 Å². The third-order valence-electron chi connectivity index (χ3n) is 2.82. The lowest BCUT2D eigenvalue weighted by molar-refractivity contribution is 0.206. The van der Waals surface area contributed by atoms with Gasteiger partial charge in [0.15, 0.2) is 0 Å². The minimum absolute atomic E-state index is 0.0739. The fourth-order valence-corrected chi connectivity index (χ4v) is 1.92. The van der Waals surface area contributed by atoms with E-state index in [1.165, 1.54) is 0 Å². The van der Waals surface area contributed by atoms with Crippen LogP contribution in [0.3, 0.4) is 0 Å². The maximum atomic E-state index is 11.7. The van der Waals surface area contributed by atoms with Gasteiger partial charge in [0.25, 0.3) is 0 Å². The molecule has 3 N–H and O–H groups in total. The number of nitrogens with zero attached hydrogens (tertiary/aromatic N) is 1. The summed E-state index contributed by atoms with van der Waals surface area (Å²) in [7, 11) is 0. The van der Waals surface area contributed by atoms with Crippen LogP contribution in [0.5, 0.6) is 0 Å². The van der Waals surface area contributed by atoms with Crippen molar-refractivity contribution >= 4 is 6.03 Å². The van der Waals surface area contributed by atoms with Gasteiger partial charge in [0.05, 0.1) is 24.3 Å². The van der Waals surface area contributed by atoms with Gasteiger partial charge in [0.1, 0.15) is 0 Å². The van der Waals surface area contributed by atoms with Crippen LogP contribution in [0, 0.1) is 17.2 Å². The third-order valence-corrected chi connectivity index (χ3v) is 2.82. The van der Waals surface area contributed by atoms with Crippen molar-refractivity contribution in [1.29, 1.82) is 5.26 Å². The zero-order valence-electron chi connectivity index (χ0n) is 11.9. The first-order chi connectivity index (χ1) is 9.55. The normalized spacial score (nSPS) is 11.8. The summed E-state index contributed by atoms with van der Waals surface area (Å²) in [6, 6.07) is 8.58. The smallest absolute Gasteiger partial charge is 0.315 e. The molecule has 5 heteroatoms. The van der Waals surface area contributed by atoms with Gasteiger partial charge in [0, 0.05) is 6.54 Å². The summed E-state index contributed by atoms with van der Waals surface area (Å²) in [5.41, 5.74) is 1.43. The Hall–Kier alpha value is -2.06. The molecule has 0 aromatic heterocycles. The fraction of sp³-hybridized carbons (Fsp3) is 0.467. The van der Waals surface area contributed by atoms with Crippen LogP contribution < -0.4 is 10.6 Å². The van der Waals surface area contributed by atoms with Crippen LogP contribution in [0.4, 0.5) is 4.79 Å². The van der Waals surface area contributed by atoms with Gasteiger partial charge < -0.3 is 15.7 Å². The Bertz CT molecular complexity index is 480. The van der Waals surface area contributed by atoms with Gasteiger partial charge in [-0.2, -0.15) is 5.26 Å². The van der Waals surface area contributed by atoms with Gasteiger partial charge in [-0.25, -0.2) is 4.79 Å². The number of benzene rings is 1. The first kappa shape index (κ1) is 16.0. The average molecular weight is 275 g/mol. The van der Waals surface area contributed by atoms with Gasteiger partial charge in [0.2, 0.25) is 0 Å². The SMILES string of the molecule is CC(C)CC(CO)NC(=O)NCc1cccc(C#N)c1. The van der Waals surface area contributed by atoms with Crippen LogP contribution in [0.25, 0.3) is 0 Å². The summed E-state index contributed by atoms with van der Waals surface area (Å²) in [5, 5.41) is 23.4. The molecule has 0 spiro atoms. The van der Waals surface area contributed by atoms with Crippen molar-refractivity contribution in [3.8, 4) is 6.07 Å². The number of hydrogen-bond donors (Lipinski definition) is 3. The van der Waals surface area contributed by atoms with E-state index in [4.69, 9.17) is 5.26 Å². The highest BCUT2D eigenvalue weighted by atomic mass is 16.3. The second-order valence-corrected chi connectivity index (χ2v) is 5.15. The van der Waals surface area contributed by atoms with Crippen molar-refractivity contribution in [2.24, 2.45) is 5.92 Å². The van der Waals surface area contributed by atoms with Crippen LogP contribution in [0.1, 0.15) is 31.4 Å². The van der Waals surface area contributed by atoms with E-state index < -0.39 is 0 Å². The first-order valence-electron chi connectivity index (χ1n) is 6.69. The molecular weight excluding hydrogens is 254 g/mol. The molecule has 2 amide bonds. The summed E-state index contributed by atoms with van der Waals surface area (Å²) < 4.78 is 0. The molecule has 0 saturated heterocycles. The predicted octanol–water partition coefficient (Wildman–Crippen LogP) is 1.76. The minimum Gasteiger partial charge on any atom is -0.394 e. The van der Waals surface area contributed by atoms with E-state index in [9.17, 15) is 9.90 Å². The Labute approximate surface area is 119 Å². The van der Waals surface area contributed by atoms with E-state index in [1.807, 2.05) is 19.9 Å². The van der Waals surface area contributed by atoms with Crippen molar-refractivity contribution in [1.82, 2.24) is 10.6 Å². The number of rotatable bonds is 6. The molecule has 1 aromatic rings. The summed E-state index contributed by atoms with van der Waals surface area (Å²) in [4.78, 5) is 11.7. The maximum absolute atomic E-state index is 11.7. The predicted molar refractivity (Wildman–Crippen MR) is 76.9 cm³/mol. The first-order valence-corrected chi connectivity index (χ1v) is 6.69. The Morgan fingerprint density at radius 3 is 2.80 bits per heavy atom. The van der Waals surface area contributed by atoms with E-state index in [0.717, 1.165) is 12.0 Å². The largest absolute Gasteiger partial charge is 0.394 e. The lowest BCUT2D eigenvalue weighted by Crippen LogP contribution is -2.44. The Morgan fingerprint density at radius 2 is 2.20 bits per heavy atom. The number of aliphatic hydroxyl groups is 1. The number of nitrogens with one attached hydrogen (secondary N) is 2. The number of carbonyl (C=O) groups is 1. The van der Waals surface area contributed by atoms with Gasteiger partial charge in [-0.1, -0.05) is 26.0 Å². The molecule has 0 bridgehead atoms. The van der Waals surface area contributed by atoms with E-state index in [-0.39, 0.29) is 18.7 Å². The second-order valence-electron chi connectivity index (χ2n) is 5.15. The zero-order chi connectivity index (χ0) is 15.0. The van der Waals surface area contributed by atoms with E-state index in [1.54, 1.807) is 18.2 Å². The van der Waals surface area contributed by atoms with E-state index >= 15 is 0 Å². The number of carbonyl (C=O) groups excluding carboxylic acids is 1. The molecule has 0 aliphatic carbocycles. The summed E-state index contributed by atoms with van der Waals surface area (Å²) in [6.07, 6.45) is 0.730. The molecule has 0 aliphatic heterocycles. The van der Waals surface area contributed by atoms with Gasteiger partial charge in [-0.15, -0.1) is 0 Å². The van der Waals surface area contributed by atoms with Crippen LogP contribution in [-0.2, 0) is 6.54 Å². The quantitative estimate of drug-likeness (QED) is 0.739. The Balaban J connectivity index is 2.44. The monoisotopic (exact) mass is 275 g/mol. The van der Waals surface area contributed by atoms with Crippen molar-refractivity contribution < 1.29 is 9.90 Å². The molecule has 1 rings (SSSR count). The maximum Gasteiger partial charge on any atom is 0.315 e. The molecule has 1 atom stereocenters.